The van der Waals surface area contributed by atoms with E-state index in [2.05, 4.69) is 0 Å². The van der Waals surface area contributed by atoms with Gasteiger partial charge in [-0.05, 0) is 0 Å². The Morgan fingerprint density at radius 2 is 1.57 bits per heavy atom. The van der Waals surface area contributed by atoms with E-state index in [1.165, 1.54) is 0 Å². The molecule has 0 aliphatic carbocycles. The van der Waals surface area contributed by atoms with Crippen LogP contribution in [-0.4, -0.2) is 45.6 Å². The molecule has 4 nitrogen and oxygen atoms in total. The normalized spacial score (nSPS) is 9.00. The van der Waals surface area contributed by atoms with Gasteiger partial charge in [-0.3, -0.25) is 0 Å². The summed E-state index contributed by atoms with van der Waals surface area (Å²) in [5.41, 5.74) is 0. The van der Waals surface area contributed by atoms with Crippen LogP contribution in [0.1, 0.15) is 0 Å². The van der Waals surface area contributed by atoms with E-state index >= 15 is 0 Å². The summed E-state index contributed by atoms with van der Waals surface area (Å²) in [5, 5.41) is 0. The summed E-state index contributed by atoms with van der Waals surface area (Å²) in [6.07, 6.45) is 0.604. The van der Waals surface area contributed by atoms with Crippen LogP contribution in [0.25, 0.3) is 0 Å². The predicted octanol–water partition coefficient (Wildman–Crippen LogP) is -1.78. The fourth-order valence-electron chi connectivity index (χ4n) is 0. The van der Waals surface area contributed by atoms with Crippen LogP contribution in [0.2, 0.25) is 0 Å². The van der Waals surface area contributed by atoms with Crippen molar-refractivity contribution in [2.75, 3.05) is 6.26 Å². The van der Waals surface area contributed by atoms with E-state index in [9.17, 15) is 0 Å². The Morgan fingerprint density at radius 1 is 1.57 bits per heavy atom. The monoisotopic (exact) mass is 232 g/mol. The van der Waals surface area contributed by atoms with Crippen LogP contribution in [0, 0.1) is 0 Å². The first-order valence-corrected chi connectivity index (χ1v) is 4.22. The molecule has 2 radical (unpaired) electrons. The second-order valence-corrected chi connectivity index (χ2v) is 2.11. The van der Waals surface area contributed by atoms with Crippen molar-refractivity contribution in [3.05, 3.63) is 0 Å². The van der Waals surface area contributed by atoms with Gasteiger partial charge >= 0.3 is 26.4 Å². The first-order chi connectivity index (χ1) is 3.00. The Kier molecular flexibility index (Phi) is 7.31. The second-order valence-electron chi connectivity index (χ2n) is 0.704. The second kappa shape index (κ2) is 4.82. The molecule has 0 saturated carbocycles. The fraction of sp³-hybridized carbons (Fsp3) is 1.00. The van der Waals surface area contributed by atoms with E-state index in [1.807, 2.05) is 0 Å². The molecule has 0 rings (SSSR count). The van der Waals surface area contributed by atoms with Crippen molar-refractivity contribution in [2.45, 2.75) is 0 Å². The van der Waals surface area contributed by atoms with Gasteiger partial charge in [-0.25, -0.2) is 8.42 Å². The standard InChI is InChI=1S/CH4O3S.H2O.Sn/c1-5(2,3)4;;/h1H3,(H,2,3,4);1H2;/q;;+2/p-2. The third-order valence-electron chi connectivity index (χ3n) is 0. The quantitative estimate of drug-likeness (QED) is 0.395. The van der Waals surface area contributed by atoms with Crippen molar-refractivity contribution in [1.29, 1.82) is 0 Å². The molecule has 0 spiro atoms. The average molecular weight is 231 g/mol. The van der Waals surface area contributed by atoms with Gasteiger partial charge in [0.25, 0.3) is 0 Å². The molecule has 0 atom stereocenters. The van der Waals surface area contributed by atoms with Gasteiger partial charge in [-0.1, -0.05) is 0 Å². The van der Waals surface area contributed by atoms with Crippen LogP contribution >= 0.6 is 0 Å². The molecule has 7 heavy (non-hydrogen) atoms. The molecule has 1 N–H and O–H groups in total. The zero-order valence-electron chi connectivity index (χ0n) is 3.58. The minimum absolute atomic E-state index is 0.550. The predicted molar refractivity (Wildman–Crippen MR) is 23.6 cm³/mol. The van der Waals surface area contributed by atoms with Gasteiger partial charge in [0.1, 0.15) is 0 Å². The summed E-state index contributed by atoms with van der Waals surface area (Å²) in [5.74, 6) is 0. The molecule has 42 valence electrons. The molecule has 6 heteroatoms. The summed E-state index contributed by atoms with van der Waals surface area (Å²) in [6.45, 7) is 0. The van der Waals surface area contributed by atoms with Crippen molar-refractivity contribution in [1.82, 2.24) is 0 Å². The molecule has 0 amide bonds. The van der Waals surface area contributed by atoms with Gasteiger partial charge in [0.05, 0.1) is 10.1 Å². The van der Waals surface area contributed by atoms with Crippen molar-refractivity contribution < 1.29 is 16.4 Å². The maximum atomic E-state index is 9.08. The molecule has 0 heterocycles. The summed E-state index contributed by atoms with van der Waals surface area (Å²) in [4.78, 5) is 0. The summed E-state index contributed by atoms with van der Waals surface area (Å²) in [7, 11) is -3.92. The third kappa shape index (κ3) is 325. The SMILES string of the molecule is CS(=O)(=O)[O-].[OH][Sn+]. The van der Waals surface area contributed by atoms with Crippen molar-refractivity contribution in [3.8, 4) is 0 Å². The van der Waals surface area contributed by atoms with Gasteiger partial charge in [0.2, 0.25) is 0 Å². The van der Waals surface area contributed by atoms with Crippen LogP contribution < -0.4 is 0 Å². The number of hydrogen-bond donors (Lipinski definition) is 1. The number of hydrogen-bond acceptors (Lipinski definition) is 4. The zero-order valence-corrected chi connectivity index (χ0v) is 7.25. The fourth-order valence-corrected chi connectivity index (χ4v) is 0. The van der Waals surface area contributed by atoms with E-state index in [0.717, 1.165) is 0 Å². The van der Waals surface area contributed by atoms with Crippen molar-refractivity contribution in [2.24, 2.45) is 0 Å². The van der Waals surface area contributed by atoms with E-state index in [0.29, 0.717) is 29.2 Å². The Balaban J connectivity index is 0. The Labute approximate surface area is 55.9 Å². The van der Waals surface area contributed by atoms with Gasteiger partial charge in [0, 0.05) is 6.26 Å². The van der Waals surface area contributed by atoms with E-state index < -0.39 is 10.1 Å². The summed E-state index contributed by atoms with van der Waals surface area (Å²) < 4.78 is 34.3. The van der Waals surface area contributed by atoms with E-state index in [1.54, 1.807) is 0 Å². The molecule has 0 aromatic heterocycles. The van der Waals surface area contributed by atoms with Gasteiger partial charge in [-0.2, -0.15) is 0 Å². The Bertz CT molecular complexity index is 94.9. The van der Waals surface area contributed by atoms with Crippen LogP contribution in [0.4, 0.5) is 0 Å². The molecule has 0 aliphatic heterocycles. The molecule has 0 unspecified atom stereocenters. The van der Waals surface area contributed by atoms with Crippen molar-refractivity contribution >= 4 is 33.1 Å². The van der Waals surface area contributed by atoms with Crippen molar-refractivity contribution in [3.63, 3.8) is 0 Å². The molecular weight excluding hydrogens is 227 g/mol. The molecule has 0 fully saturated rings. The van der Waals surface area contributed by atoms with Gasteiger partial charge in [0.15, 0.2) is 0 Å². The average Bonchev–Trinajstić information content (AvgIpc) is 1.36. The van der Waals surface area contributed by atoms with Gasteiger partial charge in [-0.15, -0.1) is 0 Å². The maximum absolute atomic E-state index is 9.08. The van der Waals surface area contributed by atoms with E-state index in [-0.39, 0.29) is 0 Å². The summed E-state index contributed by atoms with van der Waals surface area (Å²) in [6, 6.07) is 0. The summed E-state index contributed by atoms with van der Waals surface area (Å²) >= 11 is 0.550. The van der Waals surface area contributed by atoms with Crippen LogP contribution in [0.3, 0.4) is 0 Å². The molecule has 0 aromatic rings. The number of rotatable bonds is 0. The zero-order chi connectivity index (χ0) is 6.50. The molecule has 0 saturated heterocycles. The van der Waals surface area contributed by atoms with Crippen LogP contribution in [-0.2, 0) is 10.1 Å². The van der Waals surface area contributed by atoms with Crippen LogP contribution in [0.5, 0.6) is 0 Å². The van der Waals surface area contributed by atoms with Crippen LogP contribution in [0.15, 0.2) is 0 Å². The first kappa shape index (κ1) is 10.6. The Morgan fingerprint density at radius 3 is 1.57 bits per heavy atom. The Hall–Kier alpha value is 0.669. The molecular formula is CH4O4SSn. The topological polar surface area (TPSA) is 77.4 Å². The van der Waals surface area contributed by atoms with E-state index in [4.69, 9.17) is 16.4 Å². The van der Waals surface area contributed by atoms with Gasteiger partial charge < -0.3 is 4.55 Å². The first-order valence-electron chi connectivity index (χ1n) is 1.13. The minimum atomic E-state index is -3.92. The molecule has 0 aromatic carbocycles. The molecule has 0 bridgehead atoms. The third-order valence-corrected chi connectivity index (χ3v) is 0. The molecule has 0 aliphatic rings.